The Morgan fingerprint density at radius 2 is 2.19 bits per heavy atom. The van der Waals surface area contributed by atoms with Gasteiger partial charge in [0.2, 0.25) is 0 Å². The number of amides is 1. The minimum absolute atomic E-state index is 0.0974. The van der Waals surface area contributed by atoms with Gasteiger partial charge in [-0.3, -0.25) is 19.6 Å². The molecule has 0 aliphatic heterocycles. The summed E-state index contributed by atoms with van der Waals surface area (Å²) in [7, 11) is 0. The zero-order chi connectivity index (χ0) is 19.2. The molecule has 10 nitrogen and oxygen atoms in total. The highest BCUT2D eigenvalue weighted by atomic mass is 35.5. The van der Waals surface area contributed by atoms with E-state index < -0.39 is 4.92 Å². The number of benzene rings is 1. The van der Waals surface area contributed by atoms with Crippen molar-refractivity contribution in [3.05, 3.63) is 69.8 Å². The Kier molecular flexibility index (Phi) is 5.67. The molecule has 2 heterocycles. The third kappa shape index (κ3) is 5.05. The van der Waals surface area contributed by atoms with Gasteiger partial charge in [-0.15, -0.1) is 0 Å². The highest BCUT2D eigenvalue weighted by Crippen LogP contribution is 2.17. The van der Waals surface area contributed by atoms with Crippen LogP contribution in [0.3, 0.4) is 0 Å². The third-order valence-electron chi connectivity index (χ3n) is 3.49. The first-order valence-corrected chi connectivity index (χ1v) is 8.26. The fourth-order valence-corrected chi connectivity index (χ4v) is 2.38. The molecule has 0 bridgehead atoms. The molecule has 0 fully saturated rings. The molecule has 11 heteroatoms. The number of aromatic nitrogens is 4. The Labute approximate surface area is 158 Å². The SMILES string of the molecule is O=C(NCCn1cc([N+](=O)[O-])cn1)c1ccn(COc2cccc(Cl)c2)n1. The molecular weight excluding hydrogens is 376 g/mol. The van der Waals surface area contributed by atoms with E-state index in [9.17, 15) is 14.9 Å². The summed E-state index contributed by atoms with van der Waals surface area (Å²) in [4.78, 5) is 22.2. The van der Waals surface area contributed by atoms with E-state index in [4.69, 9.17) is 16.3 Å². The monoisotopic (exact) mass is 390 g/mol. The van der Waals surface area contributed by atoms with E-state index in [2.05, 4.69) is 15.5 Å². The van der Waals surface area contributed by atoms with Gasteiger partial charge < -0.3 is 10.1 Å². The molecule has 1 aromatic carbocycles. The summed E-state index contributed by atoms with van der Waals surface area (Å²) in [6, 6.07) is 8.52. The Morgan fingerprint density at radius 1 is 1.33 bits per heavy atom. The van der Waals surface area contributed by atoms with Crippen LogP contribution in [0, 0.1) is 10.1 Å². The van der Waals surface area contributed by atoms with Crippen LogP contribution in [0.1, 0.15) is 10.5 Å². The van der Waals surface area contributed by atoms with Crippen molar-refractivity contribution in [1.29, 1.82) is 0 Å². The molecule has 27 heavy (non-hydrogen) atoms. The van der Waals surface area contributed by atoms with Gasteiger partial charge in [0.25, 0.3) is 5.91 Å². The molecule has 0 saturated carbocycles. The number of carbonyl (C=O) groups excluding carboxylic acids is 1. The molecule has 0 atom stereocenters. The van der Waals surface area contributed by atoms with Gasteiger partial charge in [0.15, 0.2) is 6.73 Å². The number of hydrogen-bond acceptors (Lipinski definition) is 6. The van der Waals surface area contributed by atoms with Crippen molar-refractivity contribution in [3.8, 4) is 5.75 Å². The van der Waals surface area contributed by atoms with Crippen LogP contribution in [0.2, 0.25) is 5.02 Å². The average Bonchev–Trinajstić information content (AvgIpc) is 3.30. The highest BCUT2D eigenvalue weighted by molar-refractivity contribution is 6.30. The van der Waals surface area contributed by atoms with E-state index in [1.807, 2.05) is 0 Å². The zero-order valence-electron chi connectivity index (χ0n) is 14.0. The van der Waals surface area contributed by atoms with Crippen LogP contribution >= 0.6 is 11.6 Å². The zero-order valence-corrected chi connectivity index (χ0v) is 14.7. The Hall–Kier alpha value is -3.40. The number of carbonyl (C=O) groups is 1. The highest BCUT2D eigenvalue weighted by Gasteiger charge is 2.11. The van der Waals surface area contributed by atoms with Crippen molar-refractivity contribution < 1.29 is 14.5 Å². The maximum absolute atomic E-state index is 12.1. The van der Waals surface area contributed by atoms with Gasteiger partial charge in [-0.2, -0.15) is 10.2 Å². The first-order valence-electron chi connectivity index (χ1n) is 7.88. The van der Waals surface area contributed by atoms with Crippen LogP contribution < -0.4 is 10.1 Å². The van der Waals surface area contributed by atoms with Crippen molar-refractivity contribution in [2.45, 2.75) is 13.3 Å². The molecule has 3 rings (SSSR count). The number of nitrogens with one attached hydrogen (secondary N) is 1. The minimum Gasteiger partial charge on any atom is -0.471 e. The van der Waals surface area contributed by atoms with Crippen molar-refractivity contribution in [3.63, 3.8) is 0 Å². The topological polar surface area (TPSA) is 117 Å². The van der Waals surface area contributed by atoms with E-state index in [0.717, 1.165) is 6.20 Å². The predicted molar refractivity (Wildman–Crippen MR) is 95.5 cm³/mol. The fraction of sp³-hybridized carbons (Fsp3) is 0.188. The molecule has 1 N–H and O–H groups in total. The molecular formula is C16H15ClN6O4. The summed E-state index contributed by atoms with van der Waals surface area (Å²) in [5, 5.41) is 21.8. The number of nitrogens with zero attached hydrogens (tertiary/aromatic N) is 5. The van der Waals surface area contributed by atoms with E-state index >= 15 is 0 Å². The second-order valence-electron chi connectivity index (χ2n) is 5.45. The minimum atomic E-state index is -0.528. The first-order chi connectivity index (χ1) is 13.0. The molecule has 2 aromatic heterocycles. The summed E-state index contributed by atoms with van der Waals surface area (Å²) < 4.78 is 8.41. The van der Waals surface area contributed by atoms with Gasteiger partial charge in [0.05, 0.1) is 11.5 Å². The van der Waals surface area contributed by atoms with Crippen LogP contribution in [-0.2, 0) is 13.3 Å². The maximum atomic E-state index is 12.1. The fourth-order valence-electron chi connectivity index (χ4n) is 2.20. The summed E-state index contributed by atoms with van der Waals surface area (Å²) in [6.45, 7) is 0.687. The van der Waals surface area contributed by atoms with Gasteiger partial charge in [0, 0.05) is 17.8 Å². The lowest BCUT2D eigenvalue weighted by Gasteiger charge is -2.06. The van der Waals surface area contributed by atoms with Gasteiger partial charge >= 0.3 is 5.69 Å². The second-order valence-corrected chi connectivity index (χ2v) is 5.88. The molecule has 0 aliphatic rings. The van der Waals surface area contributed by atoms with Crippen molar-refractivity contribution in [1.82, 2.24) is 24.9 Å². The second kappa shape index (κ2) is 8.32. The van der Waals surface area contributed by atoms with Crippen LogP contribution in [0.4, 0.5) is 5.69 Å². The van der Waals surface area contributed by atoms with Crippen molar-refractivity contribution in [2.75, 3.05) is 6.54 Å². The van der Waals surface area contributed by atoms with E-state index in [-0.39, 0.29) is 30.6 Å². The van der Waals surface area contributed by atoms with Crippen LogP contribution in [0.5, 0.6) is 5.75 Å². The standard InChI is InChI=1S/C16H15ClN6O4/c17-12-2-1-3-14(8-12)27-11-22-6-4-15(20-22)16(24)18-5-7-21-10-13(9-19-21)23(25)26/h1-4,6,8-10H,5,7,11H2,(H,18,24). The quantitative estimate of drug-likeness (QED) is 0.465. The lowest BCUT2D eigenvalue weighted by molar-refractivity contribution is -0.385. The molecule has 0 radical (unpaired) electrons. The average molecular weight is 391 g/mol. The van der Waals surface area contributed by atoms with Gasteiger partial charge in [0.1, 0.15) is 23.8 Å². The number of nitro groups is 1. The third-order valence-corrected chi connectivity index (χ3v) is 3.72. The van der Waals surface area contributed by atoms with Gasteiger partial charge in [-0.05, 0) is 24.3 Å². The lowest BCUT2D eigenvalue weighted by atomic mass is 10.3. The summed E-state index contributed by atoms with van der Waals surface area (Å²) in [5.74, 6) is 0.232. The van der Waals surface area contributed by atoms with Crippen LogP contribution in [-0.4, -0.2) is 36.9 Å². The number of ether oxygens (including phenoxy) is 1. The molecule has 140 valence electrons. The summed E-state index contributed by atoms with van der Waals surface area (Å²) >= 11 is 5.89. The van der Waals surface area contributed by atoms with E-state index in [1.165, 1.54) is 15.6 Å². The van der Waals surface area contributed by atoms with Crippen molar-refractivity contribution >= 4 is 23.2 Å². The normalized spacial score (nSPS) is 10.6. The number of halogens is 1. The molecule has 0 spiro atoms. The summed E-state index contributed by atoms with van der Waals surface area (Å²) in [6.07, 6.45) is 4.08. The Bertz CT molecular complexity index is 954. The van der Waals surface area contributed by atoms with Gasteiger partial charge in [-0.1, -0.05) is 17.7 Å². The molecule has 1 amide bonds. The lowest BCUT2D eigenvalue weighted by Crippen LogP contribution is -2.28. The maximum Gasteiger partial charge on any atom is 0.306 e. The molecule has 3 aromatic rings. The molecule has 0 saturated heterocycles. The molecule has 0 aliphatic carbocycles. The van der Waals surface area contributed by atoms with Crippen LogP contribution in [0.25, 0.3) is 0 Å². The first kappa shape index (κ1) is 18.4. The van der Waals surface area contributed by atoms with E-state index in [1.54, 1.807) is 36.5 Å². The van der Waals surface area contributed by atoms with Gasteiger partial charge in [-0.25, -0.2) is 4.68 Å². The van der Waals surface area contributed by atoms with Crippen LogP contribution in [0.15, 0.2) is 48.9 Å². The summed E-state index contributed by atoms with van der Waals surface area (Å²) in [5.41, 5.74) is 0.135. The molecule has 0 unspecified atom stereocenters. The van der Waals surface area contributed by atoms with Crippen molar-refractivity contribution in [2.24, 2.45) is 0 Å². The predicted octanol–water partition coefficient (Wildman–Crippen LogP) is 2.11. The number of rotatable bonds is 8. The Morgan fingerprint density at radius 3 is 2.93 bits per heavy atom. The smallest absolute Gasteiger partial charge is 0.306 e. The Balaban J connectivity index is 1.47. The largest absolute Gasteiger partial charge is 0.471 e. The van der Waals surface area contributed by atoms with E-state index in [0.29, 0.717) is 17.3 Å². The number of hydrogen-bond donors (Lipinski definition) is 1.